The number of carbonyl (C=O) groups is 2. The smallest absolute Gasteiger partial charge is 0.240 e. The zero-order chi connectivity index (χ0) is 14.4. The van der Waals surface area contributed by atoms with E-state index in [1.807, 2.05) is 30.3 Å². The van der Waals surface area contributed by atoms with Crippen molar-refractivity contribution >= 4 is 11.8 Å². The van der Waals surface area contributed by atoms with Crippen LogP contribution in [-0.2, 0) is 16.0 Å². The van der Waals surface area contributed by atoms with Gasteiger partial charge in [-0.2, -0.15) is 0 Å². The van der Waals surface area contributed by atoms with E-state index in [0.29, 0.717) is 0 Å². The van der Waals surface area contributed by atoms with E-state index in [2.05, 4.69) is 22.9 Å². The topological polar surface area (TPSA) is 70.2 Å². The molecule has 0 aliphatic carbocycles. The lowest BCUT2D eigenvalue weighted by Gasteiger charge is -2.23. The highest BCUT2D eigenvalue weighted by molar-refractivity contribution is 5.96. The molecule has 0 radical (unpaired) electrons. The molecule has 0 spiro atoms. The van der Waals surface area contributed by atoms with E-state index in [-0.39, 0.29) is 30.3 Å². The Morgan fingerprint density at radius 3 is 2.65 bits per heavy atom. The van der Waals surface area contributed by atoms with Crippen LogP contribution in [0.25, 0.3) is 0 Å². The summed E-state index contributed by atoms with van der Waals surface area (Å²) in [6.45, 7) is 4.04. The van der Waals surface area contributed by atoms with Gasteiger partial charge in [0.25, 0.3) is 0 Å². The Kier molecular flexibility index (Phi) is 4.87. The molecule has 2 rings (SSSR count). The zero-order valence-corrected chi connectivity index (χ0v) is 11.7. The van der Waals surface area contributed by atoms with Crippen molar-refractivity contribution in [2.45, 2.75) is 25.3 Å². The number of hydrogen-bond acceptors (Lipinski definition) is 4. The highest BCUT2D eigenvalue weighted by Gasteiger charge is 2.28. The number of imide groups is 1. The number of benzene rings is 1. The first-order chi connectivity index (χ1) is 9.57. The third-order valence-corrected chi connectivity index (χ3v) is 3.53. The molecule has 2 amide bonds. The van der Waals surface area contributed by atoms with E-state index in [0.717, 1.165) is 25.1 Å². The predicted molar refractivity (Wildman–Crippen MR) is 77.2 cm³/mol. The van der Waals surface area contributed by atoms with Crippen molar-refractivity contribution < 1.29 is 9.59 Å². The molecule has 1 aromatic carbocycles. The quantitative estimate of drug-likeness (QED) is 0.718. The van der Waals surface area contributed by atoms with Crippen LogP contribution in [0.4, 0.5) is 0 Å². The average molecular weight is 275 g/mol. The molecule has 1 atom stereocenters. The van der Waals surface area contributed by atoms with Crippen molar-refractivity contribution in [3.63, 3.8) is 0 Å². The maximum Gasteiger partial charge on any atom is 0.240 e. The molecule has 0 aromatic heterocycles. The van der Waals surface area contributed by atoms with Crippen molar-refractivity contribution in [1.29, 1.82) is 0 Å². The summed E-state index contributed by atoms with van der Waals surface area (Å²) in [4.78, 5) is 23.5. The Balaban J connectivity index is 1.72. The standard InChI is InChI=1S/C15H21N3O2/c1-15(7-8-16-11-15)17-10-14(20)18-13(19)9-12-5-3-2-4-6-12/h2-6,16-17H,7-11H2,1H3,(H,18,19,20). The largest absolute Gasteiger partial charge is 0.315 e. The molecule has 1 heterocycles. The van der Waals surface area contributed by atoms with Gasteiger partial charge in [0.05, 0.1) is 13.0 Å². The van der Waals surface area contributed by atoms with Crippen LogP contribution in [0.1, 0.15) is 18.9 Å². The fourth-order valence-corrected chi connectivity index (χ4v) is 2.29. The van der Waals surface area contributed by atoms with Crippen LogP contribution in [-0.4, -0.2) is 37.0 Å². The summed E-state index contributed by atoms with van der Waals surface area (Å²) >= 11 is 0. The Labute approximate surface area is 119 Å². The van der Waals surface area contributed by atoms with E-state index < -0.39 is 0 Å². The molecule has 1 aliphatic rings. The van der Waals surface area contributed by atoms with Gasteiger partial charge in [0, 0.05) is 12.1 Å². The number of hydrogen-bond donors (Lipinski definition) is 3. The van der Waals surface area contributed by atoms with Gasteiger partial charge in [-0.1, -0.05) is 30.3 Å². The average Bonchev–Trinajstić information content (AvgIpc) is 2.85. The van der Waals surface area contributed by atoms with E-state index in [1.54, 1.807) is 0 Å². The van der Waals surface area contributed by atoms with E-state index in [1.165, 1.54) is 0 Å². The Bertz CT molecular complexity index is 467. The summed E-state index contributed by atoms with van der Waals surface area (Å²) in [6.07, 6.45) is 1.21. The molecule has 108 valence electrons. The first-order valence-corrected chi connectivity index (χ1v) is 6.90. The highest BCUT2D eigenvalue weighted by Crippen LogP contribution is 2.12. The third-order valence-electron chi connectivity index (χ3n) is 3.53. The lowest BCUT2D eigenvalue weighted by Crippen LogP contribution is -2.49. The lowest BCUT2D eigenvalue weighted by molar-refractivity contribution is -0.129. The third kappa shape index (κ3) is 4.43. The molecular weight excluding hydrogens is 254 g/mol. The second kappa shape index (κ2) is 6.63. The minimum Gasteiger partial charge on any atom is -0.315 e. The van der Waals surface area contributed by atoms with Gasteiger partial charge >= 0.3 is 0 Å². The van der Waals surface area contributed by atoms with E-state index in [9.17, 15) is 9.59 Å². The highest BCUT2D eigenvalue weighted by atomic mass is 16.2. The molecular formula is C15H21N3O2. The zero-order valence-electron chi connectivity index (χ0n) is 11.7. The predicted octanol–water partition coefficient (Wildman–Crippen LogP) is 0.214. The van der Waals surface area contributed by atoms with E-state index >= 15 is 0 Å². The van der Waals surface area contributed by atoms with Crippen LogP contribution in [0.3, 0.4) is 0 Å². The molecule has 1 aromatic rings. The second-order valence-electron chi connectivity index (χ2n) is 5.47. The van der Waals surface area contributed by atoms with Gasteiger partial charge in [-0.15, -0.1) is 0 Å². The maximum absolute atomic E-state index is 11.7. The first-order valence-electron chi connectivity index (χ1n) is 6.90. The van der Waals surface area contributed by atoms with Crippen molar-refractivity contribution in [3.05, 3.63) is 35.9 Å². The molecule has 1 aliphatic heterocycles. The minimum atomic E-state index is -0.279. The number of amides is 2. The molecule has 5 heteroatoms. The Morgan fingerprint density at radius 1 is 1.25 bits per heavy atom. The van der Waals surface area contributed by atoms with Gasteiger partial charge in [-0.25, -0.2) is 0 Å². The summed E-state index contributed by atoms with van der Waals surface area (Å²) < 4.78 is 0. The SMILES string of the molecule is CC1(NCC(=O)NC(=O)Cc2ccccc2)CCNC1. The number of rotatable bonds is 5. The van der Waals surface area contributed by atoms with Crippen molar-refractivity contribution in [2.24, 2.45) is 0 Å². The van der Waals surface area contributed by atoms with E-state index in [4.69, 9.17) is 0 Å². The summed E-state index contributed by atoms with van der Waals surface area (Å²) in [6, 6.07) is 9.38. The molecule has 1 saturated heterocycles. The maximum atomic E-state index is 11.7. The summed E-state index contributed by atoms with van der Waals surface area (Å²) in [7, 11) is 0. The number of nitrogens with one attached hydrogen (secondary N) is 3. The van der Waals surface area contributed by atoms with Crippen LogP contribution >= 0.6 is 0 Å². The van der Waals surface area contributed by atoms with Crippen molar-refractivity contribution in [1.82, 2.24) is 16.0 Å². The first kappa shape index (κ1) is 14.7. The Morgan fingerprint density at radius 2 is 2.00 bits per heavy atom. The van der Waals surface area contributed by atoms with Crippen LogP contribution < -0.4 is 16.0 Å². The lowest BCUT2D eigenvalue weighted by atomic mass is 10.0. The molecule has 5 nitrogen and oxygen atoms in total. The minimum absolute atomic E-state index is 0.0557. The van der Waals surface area contributed by atoms with Crippen molar-refractivity contribution in [3.8, 4) is 0 Å². The molecule has 1 unspecified atom stereocenters. The molecule has 20 heavy (non-hydrogen) atoms. The van der Waals surface area contributed by atoms with Gasteiger partial charge in [0.15, 0.2) is 0 Å². The van der Waals surface area contributed by atoms with Crippen LogP contribution in [0, 0.1) is 0 Å². The van der Waals surface area contributed by atoms with Gasteiger partial charge in [-0.3, -0.25) is 14.9 Å². The summed E-state index contributed by atoms with van der Waals surface area (Å²) in [5.74, 6) is -0.545. The second-order valence-corrected chi connectivity index (χ2v) is 5.47. The molecule has 0 saturated carbocycles. The molecule has 3 N–H and O–H groups in total. The van der Waals surface area contributed by atoms with Gasteiger partial charge in [-0.05, 0) is 25.5 Å². The van der Waals surface area contributed by atoms with Crippen LogP contribution in [0.2, 0.25) is 0 Å². The van der Waals surface area contributed by atoms with Crippen LogP contribution in [0.15, 0.2) is 30.3 Å². The summed E-state index contributed by atoms with van der Waals surface area (Å²) in [5, 5.41) is 8.86. The van der Waals surface area contributed by atoms with Gasteiger partial charge in [0.1, 0.15) is 0 Å². The molecule has 0 bridgehead atoms. The summed E-state index contributed by atoms with van der Waals surface area (Å²) in [5.41, 5.74) is 0.845. The fraction of sp³-hybridized carbons (Fsp3) is 0.467. The Hall–Kier alpha value is -1.72. The van der Waals surface area contributed by atoms with Gasteiger partial charge < -0.3 is 10.6 Å². The van der Waals surface area contributed by atoms with Crippen LogP contribution in [0.5, 0.6) is 0 Å². The van der Waals surface area contributed by atoms with Crippen molar-refractivity contribution in [2.75, 3.05) is 19.6 Å². The normalized spacial score (nSPS) is 21.6. The molecule has 1 fully saturated rings. The fourth-order valence-electron chi connectivity index (χ4n) is 2.29. The number of carbonyl (C=O) groups excluding carboxylic acids is 2. The monoisotopic (exact) mass is 275 g/mol. The van der Waals surface area contributed by atoms with Gasteiger partial charge in [0.2, 0.25) is 11.8 Å².